The summed E-state index contributed by atoms with van der Waals surface area (Å²) in [5.41, 5.74) is 0.956. The smallest absolute Gasteiger partial charge is 0.407 e. The van der Waals surface area contributed by atoms with Crippen LogP contribution < -0.4 is 5.32 Å². The predicted octanol–water partition coefficient (Wildman–Crippen LogP) is 4.20. The van der Waals surface area contributed by atoms with Crippen LogP contribution in [0.5, 0.6) is 0 Å². The highest BCUT2D eigenvalue weighted by Crippen LogP contribution is 2.35. The lowest BCUT2D eigenvalue weighted by Gasteiger charge is -2.23. The van der Waals surface area contributed by atoms with Crippen molar-refractivity contribution in [2.24, 2.45) is 11.8 Å². The molecule has 0 spiro atoms. The van der Waals surface area contributed by atoms with E-state index in [4.69, 9.17) is 4.74 Å². The second kappa shape index (κ2) is 13.2. The maximum Gasteiger partial charge on any atom is 0.407 e. The minimum atomic E-state index is -0.413. The lowest BCUT2D eigenvalue weighted by Crippen LogP contribution is -2.40. The van der Waals surface area contributed by atoms with Crippen molar-refractivity contribution in [1.29, 1.82) is 0 Å². The van der Waals surface area contributed by atoms with Crippen LogP contribution in [0.15, 0.2) is 30.3 Å². The Labute approximate surface area is 174 Å². The third kappa shape index (κ3) is 8.44. The van der Waals surface area contributed by atoms with E-state index in [-0.39, 0.29) is 31.1 Å². The molecule has 0 unspecified atom stereocenters. The average molecular weight is 406 g/mol. The maximum atomic E-state index is 12.1. The number of carbonyl (C=O) groups excluding carboxylic acids is 2. The molecule has 3 atom stereocenters. The molecule has 0 saturated heterocycles. The van der Waals surface area contributed by atoms with Crippen LogP contribution in [0.4, 0.5) is 4.79 Å². The van der Waals surface area contributed by atoms with Gasteiger partial charge in [0.1, 0.15) is 6.61 Å². The van der Waals surface area contributed by atoms with E-state index in [0.29, 0.717) is 12.3 Å². The third-order valence-electron chi connectivity index (χ3n) is 5.88. The molecule has 1 aliphatic carbocycles. The largest absolute Gasteiger partial charge is 0.469 e. The molecule has 0 aliphatic heterocycles. The molecule has 1 aromatic carbocycles. The molecule has 0 aromatic heterocycles. The zero-order valence-electron chi connectivity index (χ0n) is 17.5. The molecule has 2 rings (SSSR count). The number of unbranched alkanes of at least 4 members (excludes halogenated alkanes) is 4. The number of nitrogens with one attached hydrogen (secondary N) is 1. The first-order valence-electron chi connectivity index (χ1n) is 10.8. The Bertz CT molecular complexity index is 607. The van der Waals surface area contributed by atoms with E-state index in [1.807, 2.05) is 30.3 Å². The predicted molar refractivity (Wildman–Crippen MR) is 111 cm³/mol. The molecule has 6 nitrogen and oxygen atoms in total. The molecule has 29 heavy (non-hydrogen) atoms. The lowest BCUT2D eigenvalue weighted by atomic mass is 9.89. The summed E-state index contributed by atoms with van der Waals surface area (Å²) in [4.78, 5) is 23.2. The van der Waals surface area contributed by atoms with Gasteiger partial charge in [0.05, 0.1) is 7.11 Å². The van der Waals surface area contributed by atoms with E-state index in [1.165, 1.54) is 7.11 Å². The van der Waals surface area contributed by atoms with E-state index >= 15 is 0 Å². The molecular formula is C23H35NO5. The Kier molecular flexibility index (Phi) is 10.6. The normalized spacial score (nSPS) is 21.0. The Hall–Kier alpha value is -2.08. The number of aliphatic hydroxyl groups is 1. The number of rotatable bonds is 12. The fraction of sp³-hybridized carbons (Fsp3) is 0.652. The molecule has 1 saturated carbocycles. The third-order valence-corrected chi connectivity index (χ3v) is 5.88. The van der Waals surface area contributed by atoms with Crippen LogP contribution in [-0.2, 0) is 20.9 Å². The standard InChI is InChI=1S/C23H35NO5/c1-28-22(26)13-9-4-2-3-8-12-19-14-15-21(20(19)16-25)24-23(27)29-17-18-10-6-5-7-11-18/h5-7,10-11,19-21,25H,2-4,8-9,12-17H2,1H3,(H,24,27)/t19-,20+,21+/m0/s1. The maximum absolute atomic E-state index is 12.1. The molecular weight excluding hydrogens is 370 g/mol. The number of hydrogen-bond donors (Lipinski definition) is 2. The van der Waals surface area contributed by atoms with Crippen molar-refractivity contribution < 1.29 is 24.2 Å². The number of alkyl carbamates (subject to hydrolysis) is 1. The Morgan fingerprint density at radius 2 is 1.79 bits per heavy atom. The first-order valence-corrected chi connectivity index (χ1v) is 10.8. The van der Waals surface area contributed by atoms with E-state index in [1.54, 1.807) is 0 Å². The van der Waals surface area contributed by atoms with Crippen LogP contribution in [0.25, 0.3) is 0 Å². The molecule has 1 fully saturated rings. The van der Waals surface area contributed by atoms with Gasteiger partial charge in [-0.2, -0.15) is 0 Å². The molecule has 1 aliphatic rings. The minimum Gasteiger partial charge on any atom is -0.469 e. The van der Waals surface area contributed by atoms with Crippen molar-refractivity contribution in [3.05, 3.63) is 35.9 Å². The van der Waals surface area contributed by atoms with Crippen LogP contribution >= 0.6 is 0 Å². The summed E-state index contributed by atoms with van der Waals surface area (Å²) in [6.45, 7) is 0.343. The Balaban J connectivity index is 1.61. The van der Waals surface area contributed by atoms with Gasteiger partial charge in [0.15, 0.2) is 0 Å². The van der Waals surface area contributed by atoms with Crippen LogP contribution in [0, 0.1) is 11.8 Å². The number of aliphatic hydroxyl groups excluding tert-OH is 1. The van der Waals surface area contributed by atoms with Gasteiger partial charge < -0.3 is 19.9 Å². The van der Waals surface area contributed by atoms with Gasteiger partial charge in [0.2, 0.25) is 0 Å². The fourth-order valence-corrected chi connectivity index (χ4v) is 4.19. The lowest BCUT2D eigenvalue weighted by molar-refractivity contribution is -0.140. The highest BCUT2D eigenvalue weighted by atomic mass is 16.5. The summed E-state index contributed by atoms with van der Waals surface area (Å²) >= 11 is 0. The van der Waals surface area contributed by atoms with E-state index in [0.717, 1.165) is 56.9 Å². The summed E-state index contributed by atoms with van der Waals surface area (Å²) in [6.07, 6.45) is 8.35. The van der Waals surface area contributed by atoms with Crippen molar-refractivity contribution in [1.82, 2.24) is 5.32 Å². The Morgan fingerprint density at radius 1 is 1.07 bits per heavy atom. The number of esters is 1. The summed E-state index contributed by atoms with van der Waals surface area (Å²) in [7, 11) is 1.42. The molecule has 6 heteroatoms. The number of ether oxygens (including phenoxy) is 2. The summed E-state index contributed by atoms with van der Waals surface area (Å²) in [5.74, 6) is 0.399. The van der Waals surface area contributed by atoms with Crippen LogP contribution in [-0.4, -0.2) is 36.9 Å². The second-order valence-corrected chi connectivity index (χ2v) is 7.88. The van der Waals surface area contributed by atoms with Gasteiger partial charge in [-0.15, -0.1) is 0 Å². The number of hydrogen-bond acceptors (Lipinski definition) is 5. The average Bonchev–Trinajstić information content (AvgIpc) is 3.13. The first-order chi connectivity index (χ1) is 14.1. The van der Waals surface area contributed by atoms with Crippen LogP contribution in [0.3, 0.4) is 0 Å². The fourth-order valence-electron chi connectivity index (χ4n) is 4.19. The van der Waals surface area contributed by atoms with Gasteiger partial charge in [-0.1, -0.05) is 62.4 Å². The topological polar surface area (TPSA) is 84.9 Å². The van der Waals surface area contributed by atoms with Crippen LogP contribution in [0.1, 0.15) is 63.4 Å². The van der Waals surface area contributed by atoms with Crippen molar-refractivity contribution in [2.45, 2.75) is 70.4 Å². The van der Waals surface area contributed by atoms with Gasteiger partial charge >= 0.3 is 12.1 Å². The summed E-state index contributed by atoms with van der Waals surface area (Å²) in [6, 6.07) is 9.58. The van der Waals surface area contributed by atoms with Crippen molar-refractivity contribution in [2.75, 3.05) is 13.7 Å². The highest BCUT2D eigenvalue weighted by molar-refractivity contribution is 5.69. The number of methoxy groups -OCH3 is 1. The van der Waals surface area contributed by atoms with Gasteiger partial charge in [0, 0.05) is 25.0 Å². The van der Waals surface area contributed by atoms with E-state index in [2.05, 4.69) is 10.1 Å². The zero-order valence-corrected chi connectivity index (χ0v) is 17.5. The SMILES string of the molecule is COC(=O)CCCCCCC[C@H]1CC[C@@H](NC(=O)OCc2ccccc2)[C@@H]1CO. The minimum absolute atomic E-state index is 0.0201. The number of benzene rings is 1. The number of carbonyl (C=O) groups is 2. The molecule has 2 N–H and O–H groups in total. The van der Waals surface area contributed by atoms with Crippen molar-refractivity contribution in [3.63, 3.8) is 0 Å². The Morgan fingerprint density at radius 3 is 2.52 bits per heavy atom. The molecule has 1 aromatic rings. The van der Waals surface area contributed by atoms with E-state index < -0.39 is 6.09 Å². The molecule has 162 valence electrons. The monoisotopic (exact) mass is 405 g/mol. The second-order valence-electron chi connectivity index (χ2n) is 7.88. The van der Waals surface area contributed by atoms with Gasteiger partial charge in [-0.3, -0.25) is 4.79 Å². The zero-order chi connectivity index (χ0) is 20.9. The van der Waals surface area contributed by atoms with Crippen molar-refractivity contribution in [3.8, 4) is 0 Å². The van der Waals surface area contributed by atoms with Crippen molar-refractivity contribution >= 4 is 12.1 Å². The van der Waals surface area contributed by atoms with E-state index in [9.17, 15) is 14.7 Å². The van der Waals surface area contributed by atoms with Gasteiger partial charge in [-0.05, 0) is 30.7 Å². The van der Waals surface area contributed by atoms with Crippen LogP contribution in [0.2, 0.25) is 0 Å². The molecule has 0 radical (unpaired) electrons. The van der Waals surface area contributed by atoms with Gasteiger partial charge in [0.25, 0.3) is 0 Å². The highest BCUT2D eigenvalue weighted by Gasteiger charge is 2.36. The number of amides is 1. The molecule has 0 heterocycles. The summed E-state index contributed by atoms with van der Waals surface area (Å²) < 4.78 is 9.96. The molecule has 1 amide bonds. The first kappa shape index (κ1) is 23.2. The molecule has 0 bridgehead atoms. The van der Waals surface area contributed by atoms with Gasteiger partial charge in [-0.25, -0.2) is 4.79 Å². The summed E-state index contributed by atoms with van der Waals surface area (Å²) in [5, 5.41) is 12.8. The quantitative estimate of drug-likeness (QED) is 0.402.